The highest BCUT2D eigenvalue weighted by molar-refractivity contribution is 14.1. The first-order chi connectivity index (χ1) is 14.3. The average Bonchev–Trinajstić information content (AvgIpc) is 2.73. The molecule has 0 amide bonds. The first-order valence-corrected chi connectivity index (χ1v) is 11.4. The van der Waals surface area contributed by atoms with Gasteiger partial charge in [-0.05, 0) is 12.1 Å². The lowest BCUT2D eigenvalue weighted by Gasteiger charge is -2.09. The fourth-order valence-electron chi connectivity index (χ4n) is 2.08. The largest absolute Gasteiger partial charge is 0.489 e. The van der Waals surface area contributed by atoms with Crippen LogP contribution in [0.3, 0.4) is 0 Å². The van der Waals surface area contributed by atoms with Gasteiger partial charge in [-0.15, -0.1) is 0 Å². The van der Waals surface area contributed by atoms with Crippen LogP contribution < -0.4 is 10.5 Å². The molecule has 0 aliphatic heterocycles. The van der Waals surface area contributed by atoms with Crippen LogP contribution in [0, 0.1) is 0 Å². The molecule has 29 heavy (non-hydrogen) atoms. The zero-order chi connectivity index (χ0) is 20.8. The van der Waals surface area contributed by atoms with Gasteiger partial charge in [-0.1, -0.05) is 34.7 Å². The summed E-state index contributed by atoms with van der Waals surface area (Å²) in [4.78, 5) is 0. The Morgan fingerprint density at radius 3 is 1.34 bits per heavy atom. The second-order valence-electron chi connectivity index (χ2n) is 5.75. The van der Waals surface area contributed by atoms with Crippen molar-refractivity contribution in [2.75, 3.05) is 96.1 Å². The number of nitrogens with two attached hydrogens (primary N) is 1. The van der Waals surface area contributed by atoms with Gasteiger partial charge in [0, 0.05) is 4.43 Å². The van der Waals surface area contributed by atoms with Crippen molar-refractivity contribution >= 4 is 28.3 Å². The molecule has 168 valence electrons. The number of alkyl halides is 1. The third-order valence-corrected chi connectivity index (χ3v) is 3.93. The highest BCUT2D eigenvalue weighted by Gasteiger charge is 1.98. The zero-order valence-electron chi connectivity index (χ0n) is 17.0. The molecule has 0 saturated heterocycles. The van der Waals surface area contributed by atoms with Gasteiger partial charge < -0.3 is 38.9 Å². The number of nitrogen functional groups attached to an aromatic ring is 1. The molecule has 0 aliphatic rings. The van der Waals surface area contributed by atoms with Crippen LogP contribution in [-0.2, 0) is 28.4 Å². The number of rotatable bonds is 21. The topological polar surface area (TPSA) is 90.6 Å². The predicted octanol–water partition coefficient (Wildman–Crippen LogP) is 2.18. The Hall–Kier alpha value is -0.690. The van der Waals surface area contributed by atoms with Crippen LogP contribution in [0.4, 0.5) is 5.69 Å². The Kier molecular flexibility index (Phi) is 18.7. The van der Waals surface area contributed by atoms with Crippen molar-refractivity contribution in [1.82, 2.24) is 0 Å². The van der Waals surface area contributed by atoms with Gasteiger partial charge in [0.25, 0.3) is 0 Å². The Morgan fingerprint density at radius 1 is 0.552 bits per heavy atom. The third kappa shape index (κ3) is 16.8. The number of anilines is 1. The van der Waals surface area contributed by atoms with Crippen molar-refractivity contribution in [3.63, 3.8) is 0 Å². The molecule has 0 radical (unpaired) electrons. The summed E-state index contributed by atoms with van der Waals surface area (Å²) in [5, 5.41) is 0. The van der Waals surface area contributed by atoms with Crippen LogP contribution in [0.2, 0.25) is 0 Å². The SMILES string of the molecule is Nc1ccccc1OCCOCCOCCOCCOCCOCCOCCI. The normalized spacial score (nSPS) is 11.1. The molecule has 9 heteroatoms. The summed E-state index contributed by atoms with van der Waals surface area (Å²) >= 11 is 2.28. The van der Waals surface area contributed by atoms with Crippen molar-refractivity contribution in [2.45, 2.75) is 0 Å². The fourth-order valence-corrected chi connectivity index (χ4v) is 2.39. The van der Waals surface area contributed by atoms with Crippen LogP contribution in [0.5, 0.6) is 5.75 Å². The van der Waals surface area contributed by atoms with Crippen molar-refractivity contribution in [1.29, 1.82) is 0 Å². The van der Waals surface area contributed by atoms with Gasteiger partial charge in [0.2, 0.25) is 0 Å². The highest BCUT2D eigenvalue weighted by Crippen LogP contribution is 2.19. The standard InChI is InChI=1S/C20H34INO7/c21-5-6-23-7-8-24-9-10-25-11-12-26-13-14-27-15-16-28-17-18-29-20-4-2-1-3-19(20)22/h1-4H,5-18,22H2. The Bertz CT molecular complexity index is 482. The number of ether oxygens (including phenoxy) is 7. The van der Waals surface area contributed by atoms with Crippen molar-refractivity contribution in [2.24, 2.45) is 0 Å². The van der Waals surface area contributed by atoms with E-state index in [0.717, 1.165) is 11.0 Å². The first kappa shape index (κ1) is 26.3. The Balaban J connectivity index is 1.70. The minimum absolute atomic E-state index is 0.453. The van der Waals surface area contributed by atoms with E-state index >= 15 is 0 Å². The van der Waals surface area contributed by atoms with Crippen molar-refractivity contribution in [3.8, 4) is 5.75 Å². The van der Waals surface area contributed by atoms with Gasteiger partial charge in [0.05, 0.1) is 85.0 Å². The lowest BCUT2D eigenvalue weighted by Crippen LogP contribution is -2.15. The minimum Gasteiger partial charge on any atom is -0.489 e. The third-order valence-electron chi connectivity index (χ3n) is 3.49. The number of benzene rings is 1. The summed E-state index contributed by atoms with van der Waals surface area (Å²) in [6, 6.07) is 7.39. The fraction of sp³-hybridized carbons (Fsp3) is 0.700. The lowest BCUT2D eigenvalue weighted by atomic mass is 10.3. The van der Waals surface area contributed by atoms with E-state index in [1.54, 1.807) is 6.07 Å². The van der Waals surface area contributed by atoms with Gasteiger partial charge in [-0.3, -0.25) is 0 Å². The summed E-state index contributed by atoms with van der Waals surface area (Å²) in [5.41, 5.74) is 6.42. The monoisotopic (exact) mass is 527 g/mol. The van der Waals surface area contributed by atoms with Crippen LogP contribution in [0.1, 0.15) is 0 Å². The maximum absolute atomic E-state index is 5.79. The van der Waals surface area contributed by atoms with E-state index in [4.69, 9.17) is 38.9 Å². The van der Waals surface area contributed by atoms with Crippen LogP contribution in [0.15, 0.2) is 24.3 Å². The van der Waals surface area contributed by atoms with Gasteiger partial charge in [0.15, 0.2) is 0 Å². The number of para-hydroxylation sites is 2. The number of hydrogen-bond donors (Lipinski definition) is 1. The smallest absolute Gasteiger partial charge is 0.142 e. The molecule has 2 N–H and O–H groups in total. The second-order valence-corrected chi connectivity index (χ2v) is 6.83. The summed E-state index contributed by atoms with van der Waals surface area (Å²) in [5.74, 6) is 0.678. The number of hydrogen-bond acceptors (Lipinski definition) is 8. The molecule has 0 bridgehead atoms. The quantitative estimate of drug-likeness (QED) is 0.113. The number of halogens is 1. The van der Waals surface area contributed by atoms with Crippen LogP contribution in [0.25, 0.3) is 0 Å². The lowest BCUT2D eigenvalue weighted by molar-refractivity contribution is -0.0171. The van der Waals surface area contributed by atoms with E-state index in [2.05, 4.69) is 22.6 Å². The van der Waals surface area contributed by atoms with E-state index < -0.39 is 0 Å². The van der Waals surface area contributed by atoms with Crippen molar-refractivity contribution < 1.29 is 33.2 Å². The summed E-state index contributed by atoms with van der Waals surface area (Å²) < 4.78 is 38.9. The molecule has 0 unspecified atom stereocenters. The van der Waals surface area contributed by atoms with E-state index in [9.17, 15) is 0 Å². The minimum atomic E-state index is 0.453. The molecule has 8 nitrogen and oxygen atoms in total. The molecule has 1 rings (SSSR count). The molecule has 0 fully saturated rings. The maximum atomic E-state index is 5.79. The molecule has 0 heterocycles. The molecular formula is C20H34INO7. The molecule has 0 saturated carbocycles. The van der Waals surface area contributed by atoms with E-state index in [0.29, 0.717) is 90.7 Å². The summed E-state index contributed by atoms with van der Waals surface area (Å²) in [6.07, 6.45) is 0. The molecular weight excluding hydrogens is 493 g/mol. The highest BCUT2D eigenvalue weighted by atomic mass is 127. The summed E-state index contributed by atoms with van der Waals surface area (Å²) in [7, 11) is 0. The average molecular weight is 527 g/mol. The Labute approximate surface area is 187 Å². The molecule has 0 atom stereocenters. The maximum Gasteiger partial charge on any atom is 0.142 e. The molecule has 0 aliphatic carbocycles. The van der Waals surface area contributed by atoms with E-state index in [1.165, 1.54) is 0 Å². The van der Waals surface area contributed by atoms with E-state index in [1.807, 2.05) is 18.2 Å². The Morgan fingerprint density at radius 2 is 0.931 bits per heavy atom. The molecule has 0 spiro atoms. The second kappa shape index (κ2) is 20.6. The van der Waals surface area contributed by atoms with Gasteiger partial charge in [-0.2, -0.15) is 0 Å². The zero-order valence-corrected chi connectivity index (χ0v) is 19.2. The van der Waals surface area contributed by atoms with Crippen LogP contribution in [-0.4, -0.2) is 90.3 Å². The van der Waals surface area contributed by atoms with Crippen LogP contribution >= 0.6 is 22.6 Å². The van der Waals surface area contributed by atoms with E-state index in [-0.39, 0.29) is 0 Å². The summed E-state index contributed by atoms with van der Waals surface area (Å²) in [6.45, 7) is 7.26. The molecule has 0 aromatic heterocycles. The molecule has 1 aromatic carbocycles. The van der Waals surface area contributed by atoms with Gasteiger partial charge in [-0.25, -0.2) is 0 Å². The molecule has 1 aromatic rings. The van der Waals surface area contributed by atoms with Gasteiger partial charge in [0.1, 0.15) is 12.4 Å². The van der Waals surface area contributed by atoms with Gasteiger partial charge >= 0.3 is 0 Å². The van der Waals surface area contributed by atoms with Crippen molar-refractivity contribution in [3.05, 3.63) is 24.3 Å². The predicted molar refractivity (Wildman–Crippen MR) is 120 cm³/mol. The first-order valence-electron chi connectivity index (χ1n) is 9.84.